The third-order valence-corrected chi connectivity index (χ3v) is 9.39. The van der Waals surface area contributed by atoms with Gasteiger partial charge in [-0.2, -0.15) is 0 Å². The van der Waals surface area contributed by atoms with Gasteiger partial charge >= 0.3 is 17.9 Å². The number of hydrogen-bond donors (Lipinski definition) is 0. The highest BCUT2D eigenvalue weighted by Gasteiger charge is 2.19. The summed E-state index contributed by atoms with van der Waals surface area (Å²) in [6, 6.07) is 0. The van der Waals surface area contributed by atoms with Crippen LogP contribution in [0.3, 0.4) is 0 Å². The van der Waals surface area contributed by atoms with Crippen LogP contribution in [-0.2, 0) is 28.6 Å². The molecule has 6 nitrogen and oxygen atoms in total. The lowest BCUT2D eigenvalue weighted by molar-refractivity contribution is -0.167. The van der Waals surface area contributed by atoms with Gasteiger partial charge in [0.25, 0.3) is 0 Å². The van der Waals surface area contributed by atoms with Gasteiger partial charge in [0.05, 0.1) is 0 Å². The lowest BCUT2D eigenvalue weighted by Crippen LogP contribution is -2.30. The number of esters is 3. The molecule has 0 aliphatic carbocycles. The van der Waals surface area contributed by atoms with E-state index >= 15 is 0 Å². The molecule has 0 heterocycles. The lowest BCUT2D eigenvalue weighted by Gasteiger charge is -2.18. The second-order valence-electron chi connectivity index (χ2n) is 15.0. The van der Waals surface area contributed by atoms with E-state index in [4.69, 9.17) is 14.2 Å². The minimum Gasteiger partial charge on any atom is -0.462 e. The second kappa shape index (κ2) is 46.0. The van der Waals surface area contributed by atoms with E-state index in [0.29, 0.717) is 19.3 Å². The average Bonchev–Trinajstić information content (AvgIpc) is 3.22. The van der Waals surface area contributed by atoms with E-state index in [1.165, 1.54) is 38.5 Å². The van der Waals surface area contributed by atoms with Crippen molar-refractivity contribution < 1.29 is 28.6 Å². The van der Waals surface area contributed by atoms with Gasteiger partial charge in [-0.25, -0.2) is 0 Å². The minimum absolute atomic E-state index is 0.106. The highest BCUT2D eigenvalue weighted by Crippen LogP contribution is 2.12. The van der Waals surface area contributed by atoms with E-state index in [1.54, 1.807) is 0 Å². The number of carbonyl (C=O) groups excluding carboxylic acids is 3. The fourth-order valence-corrected chi connectivity index (χ4v) is 5.92. The molecule has 6 heteroatoms. The quantitative estimate of drug-likeness (QED) is 0.0202. The summed E-state index contributed by atoms with van der Waals surface area (Å²) in [6.07, 6.45) is 59.6. The number of rotatable bonds is 40. The van der Waals surface area contributed by atoms with Gasteiger partial charge in [0, 0.05) is 19.3 Å². The molecule has 0 saturated carbocycles. The molecule has 58 heavy (non-hydrogen) atoms. The second-order valence-corrected chi connectivity index (χ2v) is 15.0. The maximum absolute atomic E-state index is 12.7. The van der Waals surface area contributed by atoms with Gasteiger partial charge in [-0.3, -0.25) is 14.4 Å². The summed E-state index contributed by atoms with van der Waals surface area (Å²) in [5.41, 5.74) is 0. The van der Waals surface area contributed by atoms with Crippen LogP contribution in [0.5, 0.6) is 0 Å². The first-order valence-electron chi connectivity index (χ1n) is 23.3. The molecule has 0 radical (unpaired) electrons. The Hall–Kier alpha value is -3.67. The summed E-state index contributed by atoms with van der Waals surface area (Å²) in [4.78, 5) is 37.8. The topological polar surface area (TPSA) is 78.9 Å². The Labute approximate surface area is 356 Å². The molecule has 1 atom stereocenters. The number of allylic oxidation sites excluding steroid dienone is 16. The van der Waals surface area contributed by atoms with Crippen molar-refractivity contribution >= 4 is 17.9 Å². The number of carbonyl (C=O) groups is 3. The van der Waals surface area contributed by atoms with Crippen LogP contribution in [-0.4, -0.2) is 37.2 Å². The van der Waals surface area contributed by atoms with E-state index in [9.17, 15) is 14.4 Å². The van der Waals surface area contributed by atoms with Gasteiger partial charge in [-0.15, -0.1) is 0 Å². The molecule has 0 saturated heterocycles. The van der Waals surface area contributed by atoms with Crippen LogP contribution in [0.25, 0.3) is 0 Å². The van der Waals surface area contributed by atoms with E-state index in [0.717, 1.165) is 116 Å². The van der Waals surface area contributed by atoms with Gasteiger partial charge in [-0.05, 0) is 96.3 Å². The molecular weight excluding hydrogens is 721 g/mol. The molecule has 0 bridgehead atoms. The molecule has 0 aliphatic rings. The Morgan fingerprint density at radius 1 is 0.379 bits per heavy atom. The van der Waals surface area contributed by atoms with Gasteiger partial charge in [0.1, 0.15) is 13.2 Å². The van der Waals surface area contributed by atoms with Crippen LogP contribution in [0.15, 0.2) is 97.2 Å². The van der Waals surface area contributed by atoms with Crippen molar-refractivity contribution in [2.24, 2.45) is 0 Å². The van der Waals surface area contributed by atoms with Crippen LogP contribution in [0.1, 0.15) is 194 Å². The Balaban J connectivity index is 4.50. The Morgan fingerprint density at radius 2 is 0.759 bits per heavy atom. The van der Waals surface area contributed by atoms with Gasteiger partial charge in [0.2, 0.25) is 0 Å². The van der Waals surface area contributed by atoms with Crippen molar-refractivity contribution in [3.8, 4) is 0 Å². The van der Waals surface area contributed by atoms with Crippen molar-refractivity contribution in [3.05, 3.63) is 97.2 Å². The zero-order chi connectivity index (χ0) is 42.3. The molecule has 1 unspecified atom stereocenters. The van der Waals surface area contributed by atoms with Crippen molar-refractivity contribution in [1.29, 1.82) is 0 Å². The molecule has 0 aromatic heterocycles. The van der Waals surface area contributed by atoms with Gasteiger partial charge in [-0.1, -0.05) is 176 Å². The van der Waals surface area contributed by atoms with Crippen LogP contribution in [0.4, 0.5) is 0 Å². The zero-order valence-electron chi connectivity index (χ0n) is 37.3. The van der Waals surface area contributed by atoms with Crippen LogP contribution in [0.2, 0.25) is 0 Å². The summed E-state index contributed by atoms with van der Waals surface area (Å²) >= 11 is 0. The monoisotopic (exact) mass is 805 g/mol. The van der Waals surface area contributed by atoms with Gasteiger partial charge in [0.15, 0.2) is 6.10 Å². The molecule has 0 spiro atoms. The average molecular weight is 805 g/mol. The highest BCUT2D eigenvalue weighted by molar-refractivity contribution is 5.71. The summed E-state index contributed by atoms with van der Waals surface area (Å²) in [5.74, 6) is -0.988. The van der Waals surface area contributed by atoms with E-state index in [-0.39, 0.29) is 31.1 Å². The van der Waals surface area contributed by atoms with Crippen LogP contribution in [0, 0.1) is 0 Å². The molecule has 0 N–H and O–H groups in total. The third-order valence-electron chi connectivity index (χ3n) is 9.39. The highest BCUT2D eigenvalue weighted by atomic mass is 16.6. The molecule has 0 aromatic rings. The van der Waals surface area contributed by atoms with Crippen molar-refractivity contribution in [1.82, 2.24) is 0 Å². The van der Waals surface area contributed by atoms with Crippen molar-refractivity contribution in [2.45, 2.75) is 200 Å². The molecule has 0 aliphatic heterocycles. The molecule has 0 amide bonds. The lowest BCUT2D eigenvalue weighted by atomic mass is 10.1. The molecule has 0 fully saturated rings. The Bertz CT molecular complexity index is 1200. The first-order chi connectivity index (χ1) is 28.5. The van der Waals surface area contributed by atoms with Crippen molar-refractivity contribution in [3.63, 3.8) is 0 Å². The largest absolute Gasteiger partial charge is 0.462 e. The number of unbranched alkanes of at least 4 members (excludes halogenated alkanes) is 16. The fraction of sp³-hybridized carbons (Fsp3) is 0.635. The smallest absolute Gasteiger partial charge is 0.306 e. The maximum atomic E-state index is 12.7. The molecule has 328 valence electrons. The normalized spacial score (nSPS) is 12.9. The van der Waals surface area contributed by atoms with Crippen molar-refractivity contribution in [2.75, 3.05) is 13.2 Å². The molecular formula is C52H84O6. The number of ether oxygens (including phenoxy) is 3. The predicted molar refractivity (Wildman–Crippen MR) is 247 cm³/mol. The van der Waals surface area contributed by atoms with Crippen LogP contribution < -0.4 is 0 Å². The third kappa shape index (κ3) is 43.5. The first kappa shape index (κ1) is 54.3. The SMILES string of the molecule is CC\C=C/C=C\C=C/CCCCCCCC(=O)OC(COC(=O)CCCC/C=C\C/C=C\C/C=C\CC)COC(=O)CCCCCCCC/C=C\C=C/CCCCC. The number of hydrogen-bond acceptors (Lipinski definition) is 6. The molecule has 0 aromatic carbocycles. The fourth-order valence-electron chi connectivity index (χ4n) is 5.92. The summed E-state index contributed by atoms with van der Waals surface area (Å²) < 4.78 is 16.7. The van der Waals surface area contributed by atoms with E-state index in [1.807, 2.05) is 6.08 Å². The standard InChI is InChI=1S/C52H84O6/c1-4-7-10-13-16-19-22-25-26-28-30-33-36-39-42-45-51(54)57-48-49(47-56-50(53)44-41-38-35-32-29-24-21-18-15-12-9-6-3)58-52(55)46-43-40-37-34-31-27-23-20-17-14-11-8-5-2/h8-9,11-12,14,16-23,25,29,32,49H,4-7,10,13,15,24,26-28,30-31,33-48H2,1-3H3/b11-8-,12-9-,17-14-,19-16-,21-18-,23-20-,25-22-,32-29-. The van der Waals surface area contributed by atoms with Gasteiger partial charge < -0.3 is 14.2 Å². The summed E-state index contributed by atoms with van der Waals surface area (Å²) in [7, 11) is 0. The summed E-state index contributed by atoms with van der Waals surface area (Å²) in [6.45, 7) is 6.27. The minimum atomic E-state index is -0.808. The predicted octanol–water partition coefficient (Wildman–Crippen LogP) is 15.0. The van der Waals surface area contributed by atoms with E-state index < -0.39 is 6.10 Å². The summed E-state index contributed by atoms with van der Waals surface area (Å²) in [5, 5.41) is 0. The maximum Gasteiger partial charge on any atom is 0.306 e. The van der Waals surface area contributed by atoms with Crippen LogP contribution >= 0.6 is 0 Å². The zero-order valence-corrected chi connectivity index (χ0v) is 37.3. The Morgan fingerprint density at radius 3 is 1.29 bits per heavy atom. The Kier molecular flexibility index (Phi) is 43.1. The first-order valence-corrected chi connectivity index (χ1v) is 23.3. The van der Waals surface area contributed by atoms with E-state index in [2.05, 4.69) is 112 Å². The molecule has 0 rings (SSSR count).